The molecule has 2 aliphatic rings. The minimum absolute atomic E-state index is 0.124. The molecule has 1 saturated heterocycles. The number of nitrogens with one attached hydrogen (secondary N) is 1. The Morgan fingerprint density at radius 3 is 2.52 bits per heavy atom. The Labute approximate surface area is 185 Å². The van der Waals surface area contributed by atoms with Gasteiger partial charge in [0.05, 0.1) is 17.7 Å². The first-order valence-corrected chi connectivity index (χ1v) is 11.5. The molecule has 2 fully saturated rings. The Morgan fingerprint density at radius 2 is 1.81 bits per heavy atom. The van der Waals surface area contributed by atoms with E-state index in [-0.39, 0.29) is 11.9 Å². The third kappa shape index (κ3) is 6.01. The molecular formula is C26H31N3O2. The van der Waals surface area contributed by atoms with Crippen LogP contribution in [0, 0.1) is 11.3 Å². The van der Waals surface area contributed by atoms with E-state index in [2.05, 4.69) is 28.4 Å². The van der Waals surface area contributed by atoms with Crippen LogP contribution in [0.1, 0.15) is 56.1 Å². The fraction of sp³-hybridized carbons (Fsp3) is 0.462. The molecule has 1 heterocycles. The molecule has 0 atom stereocenters. The van der Waals surface area contributed by atoms with Crippen LogP contribution in [0.25, 0.3) is 0 Å². The average Bonchev–Trinajstić information content (AvgIpc) is 3.32. The number of aryl methyl sites for hydroxylation is 1. The Kier molecular flexibility index (Phi) is 7.09. The van der Waals surface area contributed by atoms with Gasteiger partial charge in [0.1, 0.15) is 5.75 Å². The summed E-state index contributed by atoms with van der Waals surface area (Å²) in [7, 11) is 0. The lowest BCUT2D eigenvalue weighted by Crippen LogP contribution is -2.44. The van der Waals surface area contributed by atoms with Gasteiger partial charge in [-0.1, -0.05) is 12.1 Å². The quantitative estimate of drug-likeness (QED) is 0.715. The van der Waals surface area contributed by atoms with E-state index >= 15 is 0 Å². The van der Waals surface area contributed by atoms with Gasteiger partial charge >= 0.3 is 0 Å². The van der Waals surface area contributed by atoms with Gasteiger partial charge < -0.3 is 15.0 Å². The summed E-state index contributed by atoms with van der Waals surface area (Å²) in [6.45, 7) is 1.83. The maximum absolute atomic E-state index is 12.5. The summed E-state index contributed by atoms with van der Waals surface area (Å²) in [5.41, 5.74) is 2.98. The molecule has 0 radical (unpaired) electrons. The van der Waals surface area contributed by atoms with Crippen molar-refractivity contribution < 1.29 is 9.53 Å². The normalized spacial score (nSPS) is 17.3. The zero-order valence-electron chi connectivity index (χ0n) is 18.1. The summed E-state index contributed by atoms with van der Waals surface area (Å²) < 4.78 is 6.08. The van der Waals surface area contributed by atoms with Gasteiger partial charge in [-0.05, 0) is 86.9 Å². The smallest absolute Gasteiger partial charge is 0.220 e. The molecule has 4 rings (SSSR count). The number of benzene rings is 2. The predicted molar refractivity (Wildman–Crippen MR) is 122 cm³/mol. The van der Waals surface area contributed by atoms with Crippen molar-refractivity contribution in [2.45, 2.75) is 63.5 Å². The molecule has 1 amide bonds. The standard InChI is InChI=1S/C26H31N3O2/c27-19-21-8-11-23(12-9-21)29-16-14-22(15-17-29)28-26(30)13-10-20-4-3-7-25(18-20)31-24-5-1-2-6-24/h3-4,7-9,11-12,18,22,24H,1-2,5-6,10,13-17H2,(H,28,30). The number of amides is 1. The van der Waals surface area contributed by atoms with Crippen molar-refractivity contribution in [1.82, 2.24) is 5.32 Å². The molecule has 31 heavy (non-hydrogen) atoms. The van der Waals surface area contributed by atoms with Gasteiger partial charge in [-0.15, -0.1) is 0 Å². The lowest BCUT2D eigenvalue weighted by molar-refractivity contribution is -0.121. The number of nitrogens with zero attached hydrogens (tertiary/aromatic N) is 2. The van der Waals surface area contributed by atoms with Crippen molar-refractivity contribution >= 4 is 11.6 Å². The summed E-state index contributed by atoms with van der Waals surface area (Å²) in [4.78, 5) is 14.8. The molecular weight excluding hydrogens is 386 g/mol. The summed E-state index contributed by atoms with van der Waals surface area (Å²) in [6, 6.07) is 18.3. The van der Waals surface area contributed by atoms with Crippen LogP contribution in [0.5, 0.6) is 5.75 Å². The van der Waals surface area contributed by atoms with Crippen molar-refractivity contribution in [3.8, 4) is 11.8 Å². The number of piperidine rings is 1. The zero-order chi connectivity index (χ0) is 21.5. The molecule has 1 N–H and O–H groups in total. The average molecular weight is 418 g/mol. The van der Waals surface area contributed by atoms with Gasteiger partial charge in [-0.2, -0.15) is 5.26 Å². The molecule has 2 aromatic rings. The highest BCUT2D eigenvalue weighted by atomic mass is 16.5. The SMILES string of the molecule is N#Cc1ccc(N2CCC(NC(=O)CCc3cccc(OC4CCCC4)c3)CC2)cc1. The molecule has 1 aliphatic carbocycles. The van der Waals surface area contributed by atoms with Crippen LogP contribution in [-0.2, 0) is 11.2 Å². The van der Waals surface area contributed by atoms with Crippen LogP contribution in [-0.4, -0.2) is 31.1 Å². The topological polar surface area (TPSA) is 65.4 Å². The minimum Gasteiger partial charge on any atom is -0.490 e. The van der Waals surface area contributed by atoms with E-state index in [1.165, 1.54) is 12.8 Å². The highest BCUT2D eigenvalue weighted by molar-refractivity contribution is 5.76. The number of hydrogen-bond donors (Lipinski definition) is 1. The predicted octanol–water partition coefficient (Wildman–Crippen LogP) is 4.60. The molecule has 1 saturated carbocycles. The van der Waals surface area contributed by atoms with Crippen LogP contribution >= 0.6 is 0 Å². The fourth-order valence-electron chi connectivity index (χ4n) is 4.56. The van der Waals surface area contributed by atoms with Crippen LogP contribution in [0.15, 0.2) is 48.5 Å². The first kappa shape index (κ1) is 21.2. The number of carbonyl (C=O) groups excluding carboxylic acids is 1. The van der Waals surface area contributed by atoms with E-state index in [0.717, 1.165) is 62.2 Å². The van der Waals surface area contributed by atoms with Crippen LogP contribution in [0.4, 0.5) is 5.69 Å². The summed E-state index contributed by atoms with van der Waals surface area (Å²) in [5, 5.41) is 12.1. The number of anilines is 1. The van der Waals surface area contributed by atoms with Gasteiger partial charge in [0.25, 0.3) is 0 Å². The van der Waals surface area contributed by atoms with Crippen LogP contribution in [0.2, 0.25) is 0 Å². The maximum Gasteiger partial charge on any atom is 0.220 e. The first-order chi connectivity index (χ1) is 15.2. The molecule has 5 nitrogen and oxygen atoms in total. The van der Waals surface area contributed by atoms with E-state index in [0.29, 0.717) is 18.1 Å². The van der Waals surface area contributed by atoms with Gasteiger partial charge in [0, 0.05) is 31.2 Å². The second-order valence-electron chi connectivity index (χ2n) is 8.66. The van der Waals surface area contributed by atoms with Crippen LogP contribution in [0.3, 0.4) is 0 Å². The monoisotopic (exact) mass is 417 g/mol. The van der Waals surface area contributed by atoms with E-state index < -0.39 is 0 Å². The molecule has 2 aromatic carbocycles. The molecule has 162 valence electrons. The Bertz CT molecular complexity index is 905. The summed E-state index contributed by atoms with van der Waals surface area (Å²) in [6.07, 6.45) is 8.29. The third-order valence-electron chi connectivity index (χ3n) is 6.37. The highest BCUT2D eigenvalue weighted by Gasteiger charge is 2.21. The number of carbonyl (C=O) groups is 1. The van der Waals surface area contributed by atoms with Gasteiger partial charge in [-0.3, -0.25) is 4.79 Å². The number of nitriles is 1. The molecule has 1 aliphatic heterocycles. The van der Waals surface area contributed by atoms with E-state index in [9.17, 15) is 4.79 Å². The molecule has 0 spiro atoms. The van der Waals surface area contributed by atoms with Crippen LogP contribution < -0.4 is 15.0 Å². The number of rotatable bonds is 7. The van der Waals surface area contributed by atoms with Gasteiger partial charge in [0.15, 0.2) is 0 Å². The van der Waals surface area contributed by atoms with Gasteiger partial charge in [-0.25, -0.2) is 0 Å². The van der Waals surface area contributed by atoms with Crippen molar-refractivity contribution in [1.29, 1.82) is 5.26 Å². The van der Waals surface area contributed by atoms with Gasteiger partial charge in [0.2, 0.25) is 5.91 Å². The second kappa shape index (κ2) is 10.3. The lowest BCUT2D eigenvalue weighted by atomic mass is 10.0. The molecule has 0 unspecified atom stereocenters. The van der Waals surface area contributed by atoms with Crippen molar-refractivity contribution in [2.75, 3.05) is 18.0 Å². The second-order valence-corrected chi connectivity index (χ2v) is 8.66. The molecule has 0 bridgehead atoms. The van der Waals surface area contributed by atoms with E-state index in [1.807, 2.05) is 36.4 Å². The van der Waals surface area contributed by atoms with E-state index in [4.69, 9.17) is 10.00 Å². The Morgan fingerprint density at radius 1 is 1.06 bits per heavy atom. The van der Waals surface area contributed by atoms with Crippen molar-refractivity contribution in [3.05, 3.63) is 59.7 Å². The Balaban J connectivity index is 1.19. The fourth-order valence-corrected chi connectivity index (χ4v) is 4.56. The largest absolute Gasteiger partial charge is 0.490 e. The van der Waals surface area contributed by atoms with Crippen molar-refractivity contribution in [3.63, 3.8) is 0 Å². The Hall–Kier alpha value is -3.00. The first-order valence-electron chi connectivity index (χ1n) is 11.5. The summed E-state index contributed by atoms with van der Waals surface area (Å²) in [5.74, 6) is 1.05. The highest BCUT2D eigenvalue weighted by Crippen LogP contribution is 2.25. The maximum atomic E-state index is 12.5. The molecule has 0 aromatic heterocycles. The van der Waals surface area contributed by atoms with E-state index in [1.54, 1.807) is 0 Å². The molecule has 5 heteroatoms. The lowest BCUT2D eigenvalue weighted by Gasteiger charge is -2.34. The third-order valence-corrected chi connectivity index (χ3v) is 6.37. The van der Waals surface area contributed by atoms with Crippen molar-refractivity contribution in [2.24, 2.45) is 0 Å². The number of ether oxygens (including phenoxy) is 1. The zero-order valence-corrected chi connectivity index (χ0v) is 18.1. The summed E-state index contributed by atoms with van der Waals surface area (Å²) >= 11 is 0. The minimum atomic E-state index is 0.124. The number of hydrogen-bond acceptors (Lipinski definition) is 4.